The maximum Gasteiger partial charge on any atom is 0.264 e. The van der Waals surface area contributed by atoms with Gasteiger partial charge in [-0.15, -0.1) is 0 Å². The van der Waals surface area contributed by atoms with Crippen molar-refractivity contribution in [2.75, 3.05) is 10.8 Å². The number of hydrogen-bond donors (Lipinski definition) is 1. The zero-order valence-corrected chi connectivity index (χ0v) is 25.6. The third-order valence-electron chi connectivity index (χ3n) is 7.47. The van der Waals surface area contributed by atoms with Gasteiger partial charge in [-0.1, -0.05) is 73.3 Å². The van der Waals surface area contributed by atoms with Crippen LogP contribution in [0.2, 0.25) is 10.0 Å². The molecular weight excluding hydrogens is 581 g/mol. The van der Waals surface area contributed by atoms with Gasteiger partial charge in [0.05, 0.1) is 10.6 Å². The minimum atomic E-state index is -4.20. The highest BCUT2D eigenvalue weighted by atomic mass is 35.5. The average Bonchev–Trinajstić information content (AvgIpc) is 3.45. The third-order valence-corrected chi connectivity index (χ3v) is 9.74. The minimum absolute atomic E-state index is 0.0221. The lowest BCUT2D eigenvalue weighted by Crippen LogP contribution is -2.53. The van der Waals surface area contributed by atoms with Gasteiger partial charge >= 0.3 is 0 Å². The van der Waals surface area contributed by atoms with Crippen molar-refractivity contribution in [3.8, 4) is 0 Å². The molecule has 218 valence electrons. The summed E-state index contributed by atoms with van der Waals surface area (Å²) in [6.07, 6.45) is 4.32. The molecule has 0 saturated heterocycles. The number of carbonyl (C=O) groups is 2. The van der Waals surface area contributed by atoms with Gasteiger partial charge < -0.3 is 10.2 Å². The van der Waals surface area contributed by atoms with Gasteiger partial charge in [-0.05, 0) is 79.8 Å². The number of aryl methyl sites for hydroxylation is 1. The van der Waals surface area contributed by atoms with Crippen LogP contribution in [0.4, 0.5) is 5.69 Å². The SMILES string of the molecule is CC[C@@H](C(=O)NC1CCCC1)N(Cc1ccccc1C)C(=O)CN(c1cccc(Cl)c1)S(=O)(=O)c1ccc(Cl)cc1. The van der Waals surface area contributed by atoms with Crippen LogP contribution in [0.1, 0.15) is 50.2 Å². The van der Waals surface area contributed by atoms with Gasteiger partial charge in [0, 0.05) is 22.6 Å². The van der Waals surface area contributed by atoms with Gasteiger partial charge in [-0.3, -0.25) is 13.9 Å². The fraction of sp³-hybridized carbons (Fsp3) is 0.355. The molecule has 0 spiro atoms. The molecule has 3 aromatic rings. The Morgan fingerprint density at radius 1 is 0.951 bits per heavy atom. The lowest BCUT2D eigenvalue weighted by atomic mass is 10.1. The number of nitrogens with one attached hydrogen (secondary N) is 1. The lowest BCUT2D eigenvalue weighted by molar-refractivity contribution is -0.140. The molecule has 4 rings (SSSR count). The Hall–Kier alpha value is -3.07. The van der Waals surface area contributed by atoms with Crippen LogP contribution in [-0.2, 0) is 26.2 Å². The molecule has 1 aliphatic rings. The molecule has 3 aromatic carbocycles. The smallest absolute Gasteiger partial charge is 0.264 e. The van der Waals surface area contributed by atoms with Crippen molar-refractivity contribution in [3.05, 3.63) is 94.0 Å². The van der Waals surface area contributed by atoms with E-state index in [2.05, 4.69) is 5.32 Å². The first-order valence-electron chi connectivity index (χ1n) is 13.8. The van der Waals surface area contributed by atoms with Gasteiger partial charge in [0.2, 0.25) is 11.8 Å². The zero-order chi connectivity index (χ0) is 29.6. The van der Waals surface area contributed by atoms with Crippen LogP contribution in [0.15, 0.2) is 77.7 Å². The topological polar surface area (TPSA) is 86.8 Å². The average molecular weight is 617 g/mol. The van der Waals surface area contributed by atoms with Crippen molar-refractivity contribution in [3.63, 3.8) is 0 Å². The molecule has 2 amide bonds. The summed E-state index contributed by atoms with van der Waals surface area (Å²) in [4.78, 5) is 29.2. The van der Waals surface area contributed by atoms with E-state index in [0.717, 1.165) is 41.1 Å². The Morgan fingerprint density at radius 2 is 1.63 bits per heavy atom. The predicted molar refractivity (Wildman–Crippen MR) is 164 cm³/mol. The normalized spacial score (nSPS) is 14.4. The largest absolute Gasteiger partial charge is 0.352 e. The van der Waals surface area contributed by atoms with Crippen molar-refractivity contribution in [2.45, 2.75) is 69.5 Å². The molecule has 0 aromatic heterocycles. The van der Waals surface area contributed by atoms with Crippen LogP contribution in [0.5, 0.6) is 0 Å². The number of halogens is 2. The van der Waals surface area contributed by atoms with Crippen molar-refractivity contribution < 1.29 is 18.0 Å². The predicted octanol–water partition coefficient (Wildman–Crippen LogP) is 6.36. The summed E-state index contributed by atoms with van der Waals surface area (Å²) < 4.78 is 28.9. The van der Waals surface area contributed by atoms with E-state index in [1.165, 1.54) is 35.2 Å². The fourth-order valence-corrected chi connectivity index (χ4v) is 6.87. The van der Waals surface area contributed by atoms with Crippen LogP contribution in [0, 0.1) is 6.92 Å². The molecule has 1 atom stereocenters. The first-order valence-corrected chi connectivity index (χ1v) is 16.0. The van der Waals surface area contributed by atoms with Crippen molar-refractivity contribution in [1.82, 2.24) is 10.2 Å². The van der Waals surface area contributed by atoms with E-state index in [1.807, 2.05) is 38.1 Å². The number of hydrogen-bond acceptors (Lipinski definition) is 4. The van der Waals surface area contributed by atoms with Crippen LogP contribution < -0.4 is 9.62 Å². The maximum atomic E-state index is 14.2. The molecule has 0 heterocycles. The first kappa shape index (κ1) is 30.9. The van der Waals surface area contributed by atoms with Crippen molar-refractivity contribution >= 4 is 50.7 Å². The quantitative estimate of drug-likeness (QED) is 0.272. The molecule has 0 unspecified atom stereocenters. The second-order valence-electron chi connectivity index (χ2n) is 10.3. The molecule has 41 heavy (non-hydrogen) atoms. The lowest BCUT2D eigenvalue weighted by Gasteiger charge is -2.34. The highest BCUT2D eigenvalue weighted by molar-refractivity contribution is 7.92. The molecule has 1 N–H and O–H groups in total. The van der Waals surface area contributed by atoms with Crippen LogP contribution in [-0.4, -0.2) is 43.8 Å². The van der Waals surface area contributed by atoms with Crippen LogP contribution in [0.25, 0.3) is 0 Å². The number of amides is 2. The number of rotatable bonds is 11. The standard InChI is InChI=1S/C31H35Cl2N3O4S/c1-3-29(31(38)34-26-12-6-7-13-26)35(20-23-10-5-4-9-22(23)2)30(37)21-36(27-14-8-11-25(33)19-27)41(39,40)28-17-15-24(32)16-18-28/h4-5,8-11,14-19,26,29H,3,6-7,12-13,20-21H2,1-2H3,(H,34,38)/t29-/m0/s1. The van der Waals surface area contributed by atoms with Crippen LogP contribution in [0.3, 0.4) is 0 Å². The summed E-state index contributed by atoms with van der Waals surface area (Å²) >= 11 is 12.2. The highest BCUT2D eigenvalue weighted by Crippen LogP contribution is 2.28. The molecule has 1 aliphatic carbocycles. The van der Waals surface area contributed by atoms with Gasteiger partial charge in [-0.2, -0.15) is 0 Å². The van der Waals surface area contributed by atoms with E-state index < -0.39 is 28.5 Å². The molecule has 7 nitrogen and oxygen atoms in total. The minimum Gasteiger partial charge on any atom is -0.352 e. The van der Waals surface area contributed by atoms with Crippen molar-refractivity contribution in [1.29, 1.82) is 0 Å². The molecule has 0 bridgehead atoms. The first-order chi connectivity index (χ1) is 19.6. The number of benzene rings is 3. The number of sulfonamides is 1. The number of anilines is 1. The van der Waals surface area contributed by atoms with Crippen molar-refractivity contribution in [2.24, 2.45) is 0 Å². The Morgan fingerprint density at radius 3 is 2.27 bits per heavy atom. The third kappa shape index (κ3) is 7.61. The Bertz CT molecular complexity index is 1470. The Balaban J connectivity index is 1.72. The van der Waals surface area contributed by atoms with Gasteiger partial charge in [0.25, 0.3) is 10.0 Å². The Kier molecular flexibility index (Phi) is 10.3. The van der Waals surface area contributed by atoms with E-state index in [0.29, 0.717) is 16.5 Å². The van der Waals surface area contributed by atoms with E-state index >= 15 is 0 Å². The highest BCUT2D eigenvalue weighted by Gasteiger charge is 2.34. The zero-order valence-electron chi connectivity index (χ0n) is 23.2. The maximum absolute atomic E-state index is 14.2. The summed E-state index contributed by atoms with van der Waals surface area (Å²) in [5, 5.41) is 3.84. The molecule has 1 fully saturated rings. The summed E-state index contributed by atoms with van der Waals surface area (Å²) in [5.41, 5.74) is 2.08. The monoisotopic (exact) mass is 615 g/mol. The number of carbonyl (C=O) groups excluding carboxylic acids is 2. The fourth-order valence-electron chi connectivity index (χ4n) is 5.15. The van der Waals surface area contributed by atoms with Gasteiger partial charge in [0.15, 0.2) is 0 Å². The van der Waals surface area contributed by atoms with E-state index in [9.17, 15) is 18.0 Å². The molecule has 10 heteroatoms. The molecule has 0 radical (unpaired) electrons. The van der Waals surface area contributed by atoms with Gasteiger partial charge in [0.1, 0.15) is 12.6 Å². The van der Waals surface area contributed by atoms with Crippen LogP contribution >= 0.6 is 23.2 Å². The molecular formula is C31H35Cl2N3O4S. The summed E-state index contributed by atoms with van der Waals surface area (Å²) in [5.74, 6) is -0.726. The van der Waals surface area contributed by atoms with E-state index in [1.54, 1.807) is 18.2 Å². The second kappa shape index (κ2) is 13.7. The summed E-state index contributed by atoms with van der Waals surface area (Å²) in [6, 6.07) is 19.1. The Labute approximate surface area is 252 Å². The summed E-state index contributed by atoms with van der Waals surface area (Å²) in [6.45, 7) is 3.44. The van der Waals surface area contributed by atoms with E-state index in [4.69, 9.17) is 23.2 Å². The van der Waals surface area contributed by atoms with E-state index in [-0.39, 0.29) is 29.1 Å². The second-order valence-corrected chi connectivity index (χ2v) is 13.0. The molecule has 0 aliphatic heterocycles. The molecule has 1 saturated carbocycles. The number of nitrogens with zero attached hydrogens (tertiary/aromatic N) is 2. The summed E-state index contributed by atoms with van der Waals surface area (Å²) in [7, 11) is -4.20. The van der Waals surface area contributed by atoms with Gasteiger partial charge in [-0.25, -0.2) is 8.42 Å².